The molecule has 21 heavy (non-hydrogen) atoms. The average Bonchev–Trinajstić information content (AvgIpc) is 2.46. The van der Waals surface area contributed by atoms with Gasteiger partial charge in [0.15, 0.2) is 0 Å². The van der Waals surface area contributed by atoms with Crippen LogP contribution in [0.2, 0.25) is 5.02 Å². The van der Waals surface area contributed by atoms with Gasteiger partial charge < -0.3 is 14.4 Å². The highest BCUT2D eigenvalue weighted by atomic mass is 35.5. The van der Waals surface area contributed by atoms with Gasteiger partial charge in [0.1, 0.15) is 11.5 Å². The first-order valence-corrected chi connectivity index (χ1v) is 8.71. The smallest absolute Gasteiger partial charge is 0.211 e. The Morgan fingerprint density at radius 1 is 1.05 bits per heavy atom. The number of halogens is 1. The molecule has 0 bridgehead atoms. The highest BCUT2D eigenvalue weighted by molar-refractivity contribution is 7.88. The molecular formula is C13H19ClN2O4S. The molecule has 6 nitrogen and oxygen atoms in total. The SMILES string of the molecule is COc1cc(N2CCN(S(C)(=O)=O)CC2)c(OC)cc1Cl. The predicted octanol–water partition coefficient (Wildman–Crippen LogP) is 1.44. The first-order valence-electron chi connectivity index (χ1n) is 6.48. The highest BCUT2D eigenvalue weighted by Gasteiger charge is 2.25. The van der Waals surface area contributed by atoms with E-state index in [9.17, 15) is 8.42 Å². The van der Waals surface area contributed by atoms with Crippen molar-refractivity contribution in [3.05, 3.63) is 17.2 Å². The number of benzene rings is 1. The lowest BCUT2D eigenvalue weighted by molar-refractivity contribution is 0.378. The maximum atomic E-state index is 11.5. The van der Waals surface area contributed by atoms with Crippen LogP contribution in [0, 0.1) is 0 Å². The van der Waals surface area contributed by atoms with Gasteiger partial charge in [-0.1, -0.05) is 11.6 Å². The summed E-state index contributed by atoms with van der Waals surface area (Å²) in [5.41, 5.74) is 0.854. The molecular weight excluding hydrogens is 316 g/mol. The van der Waals surface area contributed by atoms with Gasteiger partial charge >= 0.3 is 0 Å². The predicted molar refractivity (Wildman–Crippen MR) is 83.2 cm³/mol. The summed E-state index contributed by atoms with van der Waals surface area (Å²) >= 11 is 6.09. The van der Waals surface area contributed by atoms with Crippen molar-refractivity contribution in [2.45, 2.75) is 0 Å². The lowest BCUT2D eigenvalue weighted by Crippen LogP contribution is -2.48. The average molecular weight is 335 g/mol. The third-order valence-corrected chi connectivity index (χ3v) is 5.10. The van der Waals surface area contributed by atoms with Crippen molar-refractivity contribution in [1.29, 1.82) is 0 Å². The van der Waals surface area contributed by atoms with Crippen molar-refractivity contribution < 1.29 is 17.9 Å². The number of ether oxygens (including phenoxy) is 2. The van der Waals surface area contributed by atoms with Crippen LogP contribution >= 0.6 is 11.6 Å². The Morgan fingerprint density at radius 2 is 1.62 bits per heavy atom. The molecule has 0 amide bonds. The van der Waals surface area contributed by atoms with Gasteiger partial charge in [0, 0.05) is 38.3 Å². The number of nitrogens with zero attached hydrogens (tertiary/aromatic N) is 2. The molecule has 0 aromatic heterocycles. The maximum Gasteiger partial charge on any atom is 0.211 e. The minimum absolute atomic E-state index is 0.451. The molecule has 1 saturated heterocycles. The molecule has 1 heterocycles. The first kappa shape index (κ1) is 16.2. The molecule has 0 spiro atoms. The molecule has 8 heteroatoms. The van der Waals surface area contributed by atoms with Gasteiger partial charge in [-0.15, -0.1) is 0 Å². The van der Waals surface area contributed by atoms with Gasteiger partial charge in [-0.25, -0.2) is 8.42 Å². The zero-order valence-electron chi connectivity index (χ0n) is 12.3. The Labute approximate surface area is 130 Å². The summed E-state index contributed by atoms with van der Waals surface area (Å²) in [6.07, 6.45) is 1.23. The van der Waals surface area contributed by atoms with Crippen LogP contribution in [-0.2, 0) is 10.0 Å². The zero-order chi connectivity index (χ0) is 15.6. The number of rotatable bonds is 4. The largest absolute Gasteiger partial charge is 0.495 e. The molecule has 0 aliphatic carbocycles. The van der Waals surface area contributed by atoms with Crippen molar-refractivity contribution in [3.63, 3.8) is 0 Å². The fourth-order valence-electron chi connectivity index (χ4n) is 2.35. The topological polar surface area (TPSA) is 59.1 Å². The zero-order valence-corrected chi connectivity index (χ0v) is 13.9. The molecule has 0 radical (unpaired) electrons. The van der Waals surface area contributed by atoms with Gasteiger partial charge in [0.05, 0.1) is 31.2 Å². The minimum atomic E-state index is -3.14. The van der Waals surface area contributed by atoms with Gasteiger partial charge in [-0.05, 0) is 0 Å². The number of hydrogen-bond acceptors (Lipinski definition) is 5. The van der Waals surface area contributed by atoms with Crippen molar-refractivity contribution in [1.82, 2.24) is 4.31 Å². The number of sulfonamides is 1. The summed E-state index contributed by atoms with van der Waals surface area (Å²) < 4.78 is 35.2. The maximum absolute atomic E-state index is 11.5. The summed E-state index contributed by atoms with van der Waals surface area (Å²) in [7, 11) is -0.00471. The van der Waals surface area contributed by atoms with E-state index in [2.05, 4.69) is 4.90 Å². The number of methoxy groups -OCH3 is 2. The minimum Gasteiger partial charge on any atom is -0.495 e. The molecule has 1 aliphatic rings. The summed E-state index contributed by atoms with van der Waals surface area (Å²) in [4.78, 5) is 2.07. The molecule has 118 valence electrons. The van der Waals surface area contributed by atoms with Gasteiger partial charge in [-0.2, -0.15) is 4.31 Å². The van der Waals surface area contributed by atoms with E-state index in [0.29, 0.717) is 42.7 Å². The van der Waals surface area contributed by atoms with E-state index in [4.69, 9.17) is 21.1 Å². The van der Waals surface area contributed by atoms with Crippen LogP contribution in [0.25, 0.3) is 0 Å². The molecule has 1 aliphatic heterocycles. The summed E-state index contributed by atoms with van der Waals surface area (Å²) in [6, 6.07) is 3.52. The quantitative estimate of drug-likeness (QED) is 0.834. The third-order valence-electron chi connectivity index (χ3n) is 3.50. The van der Waals surface area contributed by atoms with Crippen LogP contribution in [0.4, 0.5) is 5.69 Å². The molecule has 2 rings (SSSR count). The van der Waals surface area contributed by atoms with Crippen molar-refractivity contribution in [2.75, 3.05) is 51.6 Å². The molecule has 0 atom stereocenters. The standard InChI is InChI=1S/C13H19ClN2O4S/c1-19-12-9-11(13(20-2)8-10(12)14)15-4-6-16(7-5-15)21(3,17)18/h8-9H,4-7H2,1-3H3. The Balaban J connectivity index is 2.23. The van der Waals surface area contributed by atoms with Crippen LogP contribution in [0.15, 0.2) is 12.1 Å². The van der Waals surface area contributed by atoms with E-state index in [1.807, 2.05) is 6.07 Å². The summed E-state index contributed by atoms with van der Waals surface area (Å²) in [5.74, 6) is 1.21. The van der Waals surface area contributed by atoms with Gasteiger partial charge in [-0.3, -0.25) is 0 Å². The number of hydrogen-bond donors (Lipinski definition) is 0. The summed E-state index contributed by atoms with van der Waals surface area (Å²) in [6.45, 7) is 2.09. The second kappa shape index (κ2) is 6.29. The normalized spacial score (nSPS) is 16.9. The third kappa shape index (κ3) is 3.53. The van der Waals surface area contributed by atoms with Gasteiger partial charge in [0.25, 0.3) is 0 Å². The second-order valence-electron chi connectivity index (χ2n) is 4.81. The van der Waals surface area contributed by atoms with Crippen LogP contribution in [0.3, 0.4) is 0 Å². The van der Waals surface area contributed by atoms with Crippen molar-refractivity contribution in [3.8, 4) is 11.5 Å². The van der Waals surface area contributed by atoms with Crippen LogP contribution < -0.4 is 14.4 Å². The Kier molecular flexibility index (Phi) is 4.85. The van der Waals surface area contributed by atoms with E-state index >= 15 is 0 Å². The lowest BCUT2D eigenvalue weighted by atomic mass is 10.2. The van der Waals surface area contributed by atoms with Crippen molar-refractivity contribution in [2.24, 2.45) is 0 Å². The van der Waals surface area contributed by atoms with E-state index < -0.39 is 10.0 Å². The highest BCUT2D eigenvalue weighted by Crippen LogP contribution is 2.38. The van der Waals surface area contributed by atoms with E-state index in [1.54, 1.807) is 20.3 Å². The van der Waals surface area contributed by atoms with E-state index in [-0.39, 0.29) is 0 Å². The van der Waals surface area contributed by atoms with E-state index in [1.165, 1.54) is 10.6 Å². The summed E-state index contributed by atoms with van der Waals surface area (Å²) in [5, 5.41) is 0.480. The first-order chi connectivity index (χ1) is 9.86. The van der Waals surface area contributed by atoms with Crippen LogP contribution in [-0.4, -0.2) is 59.4 Å². The molecule has 0 N–H and O–H groups in total. The number of piperazine rings is 1. The fourth-order valence-corrected chi connectivity index (χ4v) is 3.41. The molecule has 0 unspecified atom stereocenters. The van der Waals surface area contributed by atoms with Gasteiger partial charge in [0.2, 0.25) is 10.0 Å². The Hall–Kier alpha value is -1.18. The van der Waals surface area contributed by atoms with Crippen LogP contribution in [0.1, 0.15) is 0 Å². The molecule has 1 aromatic carbocycles. The lowest BCUT2D eigenvalue weighted by Gasteiger charge is -2.35. The second-order valence-corrected chi connectivity index (χ2v) is 7.20. The van der Waals surface area contributed by atoms with Crippen molar-refractivity contribution >= 4 is 27.3 Å². The van der Waals surface area contributed by atoms with Crippen LogP contribution in [0.5, 0.6) is 11.5 Å². The fraction of sp³-hybridized carbons (Fsp3) is 0.538. The monoisotopic (exact) mass is 334 g/mol. The number of anilines is 1. The Bertz CT molecular complexity index is 613. The molecule has 0 saturated carbocycles. The molecule has 1 aromatic rings. The Morgan fingerprint density at radius 3 is 2.10 bits per heavy atom. The molecule has 1 fully saturated rings. The van der Waals surface area contributed by atoms with E-state index in [0.717, 1.165) is 5.69 Å².